The fourth-order valence-electron chi connectivity index (χ4n) is 2.56. The van der Waals surface area contributed by atoms with Crippen LogP contribution in [0.2, 0.25) is 5.02 Å². The summed E-state index contributed by atoms with van der Waals surface area (Å²) in [5, 5.41) is 6.57. The van der Waals surface area contributed by atoms with Gasteiger partial charge < -0.3 is 15.4 Å². The van der Waals surface area contributed by atoms with Gasteiger partial charge in [-0.3, -0.25) is 4.79 Å². The van der Waals surface area contributed by atoms with Crippen LogP contribution in [0, 0.1) is 6.92 Å². The first-order chi connectivity index (χ1) is 13.5. The Hall–Kier alpha value is -3.38. The largest absolute Gasteiger partial charge is 0.465 e. The van der Waals surface area contributed by atoms with Gasteiger partial charge in [0.25, 0.3) is 5.91 Å². The number of nitrogens with zero attached hydrogens (tertiary/aromatic N) is 1. The number of pyridine rings is 1. The van der Waals surface area contributed by atoms with E-state index in [4.69, 9.17) is 16.3 Å². The van der Waals surface area contributed by atoms with Gasteiger partial charge in [0, 0.05) is 16.4 Å². The molecule has 0 atom stereocenters. The Labute approximate surface area is 167 Å². The maximum Gasteiger partial charge on any atom is 0.337 e. The van der Waals surface area contributed by atoms with Crippen LogP contribution < -0.4 is 10.6 Å². The zero-order valence-electron chi connectivity index (χ0n) is 15.3. The third-order valence-electron chi connectivity index (χ3n) is 4.01. The van der Waals surface area contributed by atoms with E-state index in [0.717, 1.165) is 5.56 Å². The van der Waals surface area contributed by atoms with Crippen LogP contribution in [0.1, 0.15) is 26.4 Å². The number of ether oxygens (including phenoxy) is 1. The van der Waals surface area contributed by atoms with Crippen molar-refractivity contribution in [1.29, 1.82) is 0 Å². The summed E-state index contributed by atoms with van der Waals surface area (Å²) in [6.45, 7) is 1.87. The van der Waals surface area contributed by atoms with Crippen molar-refractivity contribution in [3.05, 3.63) is 82.6 Å². The highest BCUT2D eigenvalue weighted by atomic mass is 35.5. The van der Waals surface area contributed by atoms with Crippen LogP contribution in [-0.4, -0.2) is 24.0 Å². The lowest BCUT2D eigenvalue weighted by atomic mass is 10.2. The number of benzene rings is 2. The molecule has 1 aromatic heterocycles. The fraction of sp³-hybridized carbons (Fsp3) is 0.0952. The average Bonchev–Trinajstić information content (AvgIpc) is 2.70. The highest BCUT2D eigenvalue weighted by molar-refractivity contribution is 6.30. The molecule has 28 heavy (non-hydrogen) atoms. The Balaban J connectivity index is 1.69. The minimum Gasteiger partial charge on any atom is -0.465 e. The predicted octanol–water partition coefficient (Wildman–Crippen LogP) is 4.83. The Morgan fingerprint density at radius 1 is 1.04 bits per heavy atom. The van der Waals surface area contributed by atoms with Gasteiger partial charge in [-0.25, -0.2) is 9.78 Å². The lowest BCUT2D eigenvalue weighted by Crippen LogP contribution is -2.14. The van der Waals surface area contributed by atoms with E-state index in [-0.39, 0.29) is 11.6 Å². The molecule has 3 rings (SSSR count). The maximum absolute atomic E-state index is 12.4. The van der Waals surface area contributed by atoms with Crippen LogP contribution in [0.3, 0.4) is 0 Å². The number of rotatable bonds is 5. The van der Waals surface area contributed by atoms with Crippen LogP contribution in [0.4, 0.5) is 17.1 Å². The molecule has 0 bridgehead atoms. The minimum atomic E-state index is -0.411. The van der Waals surface area contributed by atoms with Crippen LogP contribution in [0.25, 0.3) is 0 Å². The summed E-state index contributed by atoms with van der Waals surface area (Å²) in [7, 11) is 1.33. The van der Waals surface area contributed by atoms with Crippen LogP contribution in [-0.2, 0) is 4.74 Å². The van der Waals surface area contributed by atoms with Gasteiger partial charge in [-0.1, -0.05) is 17.7 Å². The molecule has 0 unspecified atom stereocenters. The number of hydrogen-bond donors (Lipinski definition) is 2. The van der Waals surface area contributed by atoms with E-state index in [1.807, 2.05) is 13.0 Å². The molecule has 0 spiro atoms. The first-order valence-corrected chi connectivity index (χ1v) is 8.83. The van der Waals surface area contributed by atoms with Crippen LogP contribution in [0.15, 0.2) is 60.8 Å². The van der Waals surface area contributed by atoms with E-state index in [1.54, 1.807) is 54.7 Å². The van der Waals surface area contributed by atoms with Crippen molar-refractivity contribution in [2.24, 2.45) is 0 Å². The lowest BCUT2D eigenvalue weighted by Gasteiger charge is -2.10. The predicted molar refractivity (Wildman–Crippen MR) is 109 cm³/mol. The molecule has 0 aliphatic rings. The molecule has 0 saturated carbocycles. The molecule has 6 nitrogen and oxygen atoms in total. The Morgan fingerprint density at radius 2 is 1.86 bits per heavy atom. The monoisotopic (exact) mass is 395 g/mol. The second kappa shape index (κ2) is 8.54. The molecule has 0 fully saturated rings. The molecular formula is C21H18ClN3O3. The smallest absolute Gasteiger partial charge is 0.337 e. The molecule has 0 aliphatic carbocycles. The van der Waals surface area contributed by atoms with E-state index in [1.165, 1.54) is 7.11 Å². The molecule has 0 aliphatic heterocycles. The second-order valence-electron chi connectivity index (χ2n) is 6.04. The summed E-state index contributed by atoms with van der Waals surface area (Å²) in [6.07, 6.45) is 1.55. The van der Waals surface area contributed by atoms with Crippen LogP contribution >= 0.6 is 11.6 Å². The number of halogens is 1. The van der Waals surface area contributed by atoms with Crippen molar-refractivity contribution >= 4 is 40.5 Å². The third-order valence-corrected chi connectivity index (χ3v) is 4.24. The number of aromatic nitrogens is 1. The lowest BCUT2D eigenvalue weighted by molar-refractivity contribution is 0.0600. The molecule has 1 amide bonds. The SMILES string of the molecule is COC(=O)c1cccc(Nc2ccc(C(=O)Nc3ccc(Cl)cc3C)nc2)c1. The number of anilines is 3. The number of methoxy groups -OCH3 is 1. The first kappa shape index (κ1) is 19.4. The number of aryl methyl sites for hydroxylation is 1. The fourth-order valence-corrected chi connectivity index (χ4v) is 2.79. The summed E-state index contributed by atoms with van der Waals surface area (Å²) in [5.41, 5.74) is 3.65. The highest BCUT2D eigenvalue weighted by Gasteiger charge is 2.10. The molecule has 142 valence electrons. The average molecular weight is 396 g/mol. The van der Waals surface area contributed by atoms with Gasteiger partial charge in [0.15, 0.2) is 0 Å². The van der Waals surface area contributed by atoms with Gasteiger partial charge in [-0.2, -0.15) is 0 Å². The zero-order valence-corrected chi connectivity index (χ0v) is 16.1. The number of esters is 1. The Morgan fingerprint density at radius 3 is 2.54 bits per heavy atom. The highest BCUT2D eigenvalue weighted by Crippen LogP contribution is 2.21. The van der Waals surface area contributed by atoms with Crippen molar-refractivity contribution in [3.63, 3.8) is 0 Å². The van der Waals surface area contributed by atoms with Gasteiger partial charge in [0.1, 0.15) is 5.69 Å². The van der Waals surface area contributed by atoms with E-state index in [2.05, 4.69) is 15.6 Å². The second-order valence-corrected chi connectivity index (χ2v) is 6.48. The molecule has 0 radical (unpaired) electrons. The van der Waals surface area contributed by atoms with Gasteiger partial charge in [0.2, 0.25) is 0 Å². The van der Waals surface area contributed by atoms with Gasteiger partial charge >= 0.3 is 5.97 Å². The third kappa shape index (κ3) is 4.66. The summed E-state index contributed by atoms with van der Waals surface area (Å²) in [6, 6.07) is 15.5. The Kier molecular flexibility index (Phi) is 5.91. The quantitative estimate of drug-likeness (QED) is 0.605. The number of carbonyl (C=O) groups is 2. The summed E-state index contributed by atoms with van der Waals surface area (Å²) >= 11 is 5.93. The van der Waals surface area contributed by atoms with Crippen LogP contribution in [0.5, 0.6) is 0 Å². The number of hydrogen-bond acceptors (Lipinski definition) is 5. The zero-order chi connectivity index (χ0) is 20.1. The van der Waals surface area contributed by atoms with Crippen molar-refractivity contribution in [1.82, 2.24) is 4.98 Å². The van der Waals surface area contributed by atoms with Crippen molar-refractivity contribution in [2.45, 2.75) is 6.92 Å². The van der Waals surface area contributed by atoms with Crippen molar-refractivity contribution in [2.75, 3.05) is 17.7 Å². The molecule has 2 N–H and O–H groups in total. The minimum absolute atomic E-state index is 0.281. The maximum atomic E-state index is 12.4. The normalized spacial score (nSPS) is 10.2. The number of carbonyl (C=O) groups excluding carboxylic acids is 2. The van der Waals surface area contributed by atoms with E-state index in [9.17, 15) is 9.59 Å². The molecule has 3 aromatic rings. The number of nitrogens with one attached hydrogen (secondary N) is 2. The van der Waals surface area contributed by atoms with E-state index < -0.39 is 5.97 Å². The Bertz CT molecular complexity index is 1020. The van der Waals surface area contributed by atoms with Gasteiger partial charge in [0.05, 0.1) is 24.6 Å². The first-order valence-electron chi connectivity index (χ1n) is 8.45. The standard InChI is InChI=1S/C21H18ClN3O3/c1-13-10-15(22)6-8-18(13)25-20(26)19-9-7-17(12-23-19)24-16-5-3-4-14(11-16)21(27)28-2/h3-12,24H,1-2H3,(H,25,26). The van der Waals surface area contributed by atoms with Gasteiger partial charge in [-0.05, 0) is 61.0 Å². The van der Waals surface area contributed by atoms with Crippen molar-refractivity contribution < 1.29 is 14.3 Å². The summed E-state index contributed by atoms with van der Waals surface area (Å²) in [4.78, 5) is 28.2. The molecule has 1 heterocycles. The summed E-state index contributed by atoms with van der Waals surface area (Å²) < 4.78 is 4.72. The number of amides is 1. The molecule has 2 aromatic carbocycles. The van der Waals surface area contributed by atoms with Gasteiger partial charge in [-0.15, -0.1) is 0 Å². The van der Waals surface area contributed by atoms with E-state index >= 15 is 0 Å². The van der Waals surface area contributed by atoms with Crippen molar-refractivity contribution in [3.8, 4) is 0 Å². The molecule has 0 saturated heterocycles. The topological polar surface area (TPSA) is 80.3 Å². The molecule has 7 heteroatoms. The summed E-state index contributed by atoms with van der Waals surface area (Å²) in [5.74, 6) is -0.726. The van der Waals surface area contributed by atoms with E-state index in [0.29, 0.717) is 27.6 Å². The molecular weight excluding hydrogens is 378 g/mol.